The first-order valence-electron chi connectivity index (χ1n) is 6.03. The largest absolute Gasteiger partial charge is 0.475 e. The quantitative estimate of drug-likeness (QED) is 0.866. The molecular formula is C12H19N3O2. The first kappa shape index (κ1) is 12.1. The van der Waals surface area contributed by atoms with Crippen molar-refractivity contribution in [3.8, 4) is 5.88 Å². The van der Waals surface area contributed by atoms with E-state index in [2.05, 4.69) is 22.2 Å². The van der Waals surface area contributed by atoms with E-state index in [4.69, 9.17) is 9.47 Å². The van der Waals surface area contributed by atoms with Crippen molar-refractivity contribution in [2.24, 2.45) is 0 Å². The maximum atomic E-state index is 5.52. The lowest BCUT2D eigenvalue weighted by atomic mass is 10.2. The van der Waals surface area contributed by atoms with E-state index in [1.54, 1.807) is 12.3 Å². The zero-order valence-electron chi connectivity index (χ0n) is 10.5. The van der Waals surface area contributed by atoms with Crippen molar-refractivity contribution in [3.63, 3.8) is 0 Å². The Balaban J connectivity index is 2.00. The van der Waals surface area contributed by atoms with Crippen LogP contribution in [0.5, 0.6) is 5.88 Å². The fourth-order valence-electron chi connectivity index (χ4n) is 1.81. The van der Waals surface area contributed by atoms with Gasteiger partial charge in [-0.05, 0) is 27.2 Å². The second kappa shape index (κ2) is 5.31. The summed E-state index contributed by atoms with van der Waals surface area (Å²) in [7, 11) is 0. The third-order valence-electron chi connectivity index (χ3n) is 2.68. The van der Waals surface area contributed by atoms with Gasteiger partial charge in [0, 0.05) is 18.9 Å². The number of aromatic nitrogens is 2. The molecule has 94 valence electrons. The molecule has 1 aliphatic heterocycles. The number of anilines is 1. The first-order valence-corrected chi connectivity index (χ1v) is 6.03. The molecular weight excluding hydrogens is 218 g/mol. The highest BCUT2D eigenvalue weighted by Gasteiger charge is 2.24. The van der Waals surface area contributed by atoms with E-state index in [9.17, 15) is 0 Å². The van der Waals surface area contributed by atoms with E-state index in [1.807, 2.05) is 13.8 Å². The summed E-state index contributed by atoms with van der Waals surface area (Å²) in [4.78, 5) is 8.50. The Labute approximate surface area is 102 Å². The number of rotatable bonds is 4. The smallest absolute Gasteiger partial charge is 0.226 e. The van der Waals surface area contributed by atoms with Gasteiger partial charge in [0.2, 0.25) is 11.8 Å². The molecule has 2 heterocycles. The molecule has 5 heteroatoms. The SMILES string of the molecule is CC(C)Oc1ccnc(NC2CCOC2C)n1. The van der Waals surface area contributed by atoms with Crippen LogP contribution >= 0.6 is 0 Å². The molecule has 0 radical (unpaired) electrons. The molecule has 1 aromatic heterocycles. The van der Waals surface area contributed by atoms with Crippen molar-refractivity contribution in [2.45, 2.75) is 45.4 Å². The van der Waals surface area contributed by atoms with Crippen LogP contribution in [0.1, 0.15) is 27.2 Å². The second-order valence-electron chi connectivity index (χ2n) is 4.50. The lowest BCUT2D eigenvalue weighted by Crippen LogP contribution is -2.27. The minimum Gasteiger partial charge on any atom is -0.475 e. The van der Waals surface area contributed by atoms with Gasteiger partial charge in [-0.25, -0.2) is 4.98 Å². The van der Waals surface area contributed by atoms with Crippen molar-refractivity contribution in [1.82, 2.24) is 9.97 Å². The van der Waals surface area contributed by atoms with E-state index in [0.29, 0.717) is 11.8 Å². The van der Waals surface area contributed by atoms with Crippen LogP contribution in [0.25, 0.3) is 0 Å². The zero-order valence-corrected chi connectivity index (χ0v) is 10.5. The van der Waals surface area contributed by atoms with Crippen LogP contribution in [0.2, 0.25) is 0 Å². The summed E-state index contributed by atoms with van der Waals surface area (Å²) >= 11 is 0. The highest BCUT2D eigenvalue weighted by atomic mass is 16.5. The van der Waals surface area contributed by atoms with Gasteiger partial charge < -0.3 is 14.8 Å². The van der Waals surface area contributed by atoms with Crippen LogP contribution in [0, 0.1) is 0 Å². The van der Waals surface area contributed by atoms with E-state index >= 15 is 0 Å². The molecule has 0 amide bonds. The van der Waals surface area contributed by atoms with Gasteiger partial charge in [0.1, 0.15) is 0 Å². The molecule has 0 bridgehead atoms. The lowest BCUT2D eigenvalue weighted by molar-refractivity contribution is 0.121. The predicted octanol–water partition coefficient (Wildman–Crippen LogP) is 1.85. The molecule has 0 spiro atoms. The highest BCUT2D eigenvalue weighted by Crippen LogP contribution is 2.18. The maximum Gasteiger partial charge on any atom is 0.226 e. The predicted molar refractivity (Wildman–Crippen MR) is 65.2 cm³/mol. The van der Waals surface area contributed by atoms with Crippen LogP contribution in [0.15, 0.2) is 12.3 Å². The Morgan fingerprint density at radius 1 is 1.53 bits per heavy atom. The molecule has 1 saturated heterocycles. The van der Waals surface area contributed by atoms with Gasteiger partial charge in [0.05, 0.1) is 18.2 Å². The van der Waals surface area contributed by atoms with Crippen molar-refractivity contribution in [1.29, 1.82) is 0 Å². The van der Waals surface area contributed by atoms with Gasteiger partial charge in [-0.1, -0.05) is 0 Å². The Morgan fingerprint density at radius 3 is 3.00 bits per heavy atom. The van der Waals surface area contributed by atoms with Crippen molar-refractivity contribution in [2.75, 3.05) is 11.9 Å². The number of nitrogens with one attached hydrogen (secondary N) is 1. The molecule has 1 N–H and O–H groups in total. The minimum absolute atomic E-state index is 0.117. The lowest BCUT2D eigenvalue weighted by Gasteiger charge is -2.16. The molecule has 0 aromatic carbocycles. The fourth-order valence-corrected chi connectivity index (χ4v) is 1.81. The number of hydrogen-bond acceptors (Lipinski definition) is 5. The molecule has 2 rings (SSSR count). The Morgan fingerprint density at radius 2 is 2.35 bits per heavy atom. The molecule has 5 nitrogen and oxygen atoms in total. The topological polar surface area (TPSA) is 56.3 Å². The van der Waals surface area contributed by atoms with Gasteiger partial charge >= 0.3 is 0 Å². The fraction of sp³-hybridized carbons (Fsp3) is 0.667. The molecule has 0 aliphatic carbocycles. The van der Waals surface area contributed by atoms with Crippen molar-refractivity contribution < 1.29 is 9.47 Å². The third kappa shape index (κ3) is 3.30. The molecule has 1 fully saturated rings. The van der Waals surface area contributed by atoms with Crippen LogP contribution in [-0.2, 0) is 4.74 Å². The molecule has 1 aliphatic rings. The Hall–Kier alpha value is -1.36. The highest BCUT2D eigenvalue weighted by molar-refractivity contribution is 5.29. The van der Waals surface area contributed by atoms with Gasteiger partial charge in [0.15, 0.2) is 0 Å². The van der Waals surface area contributed by atoms with Gasteiger partial charge in [-0.15, -0.1) is 0 Å². The molecule has 17 heavy (non-hydrogen) atoms. The molecule has 2 atom stereocenters. The van der Waals surface area contributed by atoms with Crippen LogP contribution in [-0.4, -0.2) is 34.8 Å². The van der Waals surface area contributed by atoms with E-state index in [1.165, 1.54) is 0 Å². The average Bonchev–Trinajstić information content (AvgIpc) is 2.64. The summed E-state index contributed by atoms with van der Waals surface area (Å²) < 4.78 is 11.0. The number of hydrogen-bond donors (Lipinski definition) is 1. The number of ether oxygens (including phenoxy) is 2. The summed E-state index contributed by atoms with van der Waals surface area (Å²) in [6, 6.07) is 2.05. The van der Waals surface area contributed by atoms with E-state index < -0.39 is 0 Å². The van der Waals surface area contributed by atoms with Crippen molar-refractivity contribution >= 4 is 5.95 Å². The average molecular weight is 237 g/mol. The zero-order chi connectivity index (χ0) is 12.3. The minimum atomic E-state index is 0.117. The van der Waals surface area contributed by atoms with Crippen LogP contribution in [0.4, 0.5) is 5.95 Å². The molecule has 2 unspecified atom stereocenters. The summed E-state index contributed by atoms with van der Waals surface area (Å²) in [5, 5.41) is 3.28. The Bertz CT molecular complexity index is 371. The van der Waals surface area contributed by atoms with Crippen LogP contribution < -0.4 is 10.1 Å². The normalized spacial score (nSPS) is 24.0. The van der Waals surface area contributed by atoms with E-state index in [-0.39, 0.29) is 18.2 Å². The maximum absolute atomic E-state index is 5.52. The van der Waals surface area contributed by atoms with Crippen molar-refractivity contribution in [3.05, 3.63) is 12.3 Å². The standard InChI is InChI=1S/C12H19N3O2/c1-8(2)17-11-4-6-13-12(15-11)14-10-5-7-16-9(10)3/h4,6,8-10H,5,7H2,1-3H3,(H,13,14,15). The summed E-state index contributed by atoms with van der Waals surface area (Å²) in [6.45, 7) is 6.80. The monoisotopic (exact) mass is 237 g/mol. The first-order chi connectivity index (χ1) is 8.15. The van der Waals surface area contributed by atoms with E-state index in [0.717, 1.165) is 13.0 Å². The summed E-state index contributed by atoms with van der Waals surface area (Å²) in [5.74, 6) is 1.20. The van der Waals surface area contributed by atoms with Crippen LogP contribution in [0.3, 0.4) is 0 Å². The number of nitrogens with zero attached hydrogens (tertiary/aromatic N) is 2. The van der Waals surface area contributed by atoms with Gasteiger partial charge in [-0.2, -0.15) is 4.98 Å². The second-order valence-corrected chi connectivity index (χ2v) is 4.50. The summed E-state index contributed by atoms with van der Waals surface area (Å²) in [5.41, 5.74) is 0. The molecule has 0 saturated carbocycles. The van der Waals surface area contributed by atoms with Gasteiger partial charge in [-0.3, -0.25) is 0 Å². The Kier molecular flexibility index (Phi) is 3.78. The molecule has 1 aromatic rings. The van der Waals surface area contributed by atoms with Gasteiger partial charge in [0.25, 0.3) is 0 Å². The third-order valence-corrected chi connectivity index (χ3v) is 2.68. The summed E-state index contributed by atoms with van der Waals surface area (Å²) in [6.07, 6.45) is 3.01.